The number of hydrogen-bond acceptors (Lipinski definition) is 4. The van der Waals surface area contributed by atoms with Crippen LogP contribution in [0.4, 0.5) is 5.82 Å². The van der Waals surface area contributed by atoms with E-state index in [4.69, 9.17) is 5.73 Å². The van der Waals surface area contributed by atoms with Gasteiger partial charge in [-0.1, -0.05) is 27.7 Å². The third kappa shape index (κ3) is 1.94. The fraction of sp³-hybridized carbons (Fsp3) is 0.615. The van der Waals surface area contributed by atoms with Gasteiger partial charge in [0.05, 0.1) is 0 Å². The first kappa shape index (κ1) is 12.8. The Bertz CT molecular complexity index is 450. The maximum Gasteiger partial charge on any atom is 0.271 e. The number of amides is 1. The number of rotatable bonds is 3. The SMILES string of the molecule is CC1(C)C(CNC(=O)c2ccc(N)nn2)C1(C)C. The number of nitrogen functional groups attached to an aromatic ring is 1. The second-order valence-electron chi connectivity index (χ2n) is 6.05. The van der Waals surface area contributed by atoms with Crippen molar-refractivity contribution >= 4 is 11.7 Å². The first-order chi connectivity index (χ1) is 8.26. The van der Waals surface area contributed by atoms with Gasteiger partial charge in [-0.3, -0.25) is 4.79 Å². The number of carbonyl (C=O) groups is 1. The van der Waals surface area contributed by atoms with Crippen LogP contribution in [0.1, 0.15) is 38.2 Å². The molecule has 0 bridgehead atoms. The molecule has 1 amide bonds. The zero-order valence-electron chi connectivity index (χ0n) is 11.3. The summed E-state index contributed by atoms with van der Waals surface area (Å²) in [5.74, 6) is 0.618. The summed E-state index contributed by atoms with van der Waals surface area (Å²) in [5.41, 5.74) is 6.27. The zero-order chi connectivity index (χ0) is 13.6. The number of anilines is 1. The van der Waals surface area contributed by atoms with Crippen LogP contribution >= 0.6 is 0 Å². The van der Waals surface area contributed by atoms with E-state index in [1.165, 1.54) is 0 Å². The largest absolute Gasteiger partial charge is 0.382 e. The molecule has 98 valence electrons. The minimum Gasteiger partial charge on any atom is -0.382 e. The standard InChI is InChI=1S/C13H20N4O/c1-12(2)9(13(12,3)4)7-15-11(18)8-5-6-10(14)17-16-8/h5-6,9H,7H2,1-4H3,(H2,14,17)(H,15,18). The van der Waals surface area contributed by atoms with Gasteiger partial charge in [0.1, 0.15) is 5.82 Å². The van der Waals surface area contributed by atoms with Crippen molar-refractivity contribution in [2.45, 2.75) is 27.7 Å². The Balaban J connectivity index is 1.92. The van der Waals surface area contributed by atoms with Crippen molar-refractivity contribution in [3.63, 3.8) is 0 Å². The van der Waals surface area contributed by atoms with Gasteiger partial charge in [0.2, 0.25) is 0 Å². The quantitative estimate of drug-likeness (QED) is 0.848. The van der Waals surface area contributed by atoms with E-state index in [9.17, 15) is 4.79 Å². The van der Waals surface area contributed by atoms with Gasteiger partial charge < -0.3 is 11.1 Å². The summed E-state index contributed by atoms with van der Waals surface area (Å²) in [4.78, 5) is 11.9. The van der Waals surface area contributed by atoms with E-state index in [0.29, 0.717) is 24.0 Å². The predicted octanol–water partition coefficient (Wildman–Crippen LogP) is 1.47. The van der Waals surface area contributed by atoms with E-state index in [1.807, 2.05) is 0 Å². The first-order valence-corrected chi connectivity index (χ1v) is 6.14. The van der Waals surface area contributed by atoms with Crippen molar-refractivity contribution in [3.05, 3.63) is 17.8 Å². The predicted molar refractivity (Wildman–Crippen MR) is 69.8 cm³/mol. The molecule has 1 aliphatic rings. The fourth-order valence-electron chi connectivity index (χ4n) is 2.59. The van der Waals surface area contributed by atoms with Gasteiger partial charge in [-0.2, -0.15) is 0 Å². The molecule has 5 nitrogen and oxygen atoms in total. The Kier molecular flexibility index (Phi) is 2.80. The highest BCUT2D eigenvalue weighted by atomic mass is 16.1. The molecule has 0 aliphatic heterocycles. The van der Waals surface area contributed by atoms with Crippen LogP contribution in [0.15, 0.2) is 12.1 Å². The van der Waals surface area contributed by atoms with Gasteiger partial charge in [-0.05, 0) is 28.9 Å². The van der Waals surface area contributed by atoms with Gasteiger partial charge in [0.15, 0.2) is 5.69 Å². The van der Waals surface area contributed by atoms with Gasteiger partial charge in [0, 0.05) is 6.54 Å². The van der Waals surface area contributed by atoms with Crippen LogP contribution in [0.2, 0.25) is 0 Å². The normalized spacial score (nSPS) is 20.4. The fourth-order valence-corrected chi connectivity index (χ4v) is 2.59. The average Bonchev–Trinajstić information content (AvgIpc) is 2.67. The molecule has 1 heterocycles. The number of hydrogen-bond donors (Lipinski definition) is 2. The van der Waals surface area contributed by atoms with E-state index in [-0.39, 0.29) is 16.7 Å². The summed E-state index contributed by atoms with van der Waals surface area (Å²) in [5, 5.41) is 10.3. The van der Waals surface area contributed by atoms with Crippen molar-refractivity contribution in [2.75, 3.05) is 12.3 Å². The number of nitrogens with zero attached hydrogens (tertiary/aromatic N) is 2. The molecule has 0 unspecified atom stereocenters. The number of carbonyl (C=O) groups excluding carboxylic acids is 1. The molecule has 1 saturated carbocycles. The summed E-state index contributed by atoms with van der Waals surface area (Å²) in [6.45, 7) is 9.59. The average molecular weight is 248 g/mol. The molecule has 2 rings (SSSR count). The highest BCUT2D eigenvalue weighted by Gasteiger charge is 2.64. The maximum atomic E-state index is 11.9. The monoisotopic (exact) mass is 248 g/mol. The van der Waals surface area contributed by atoms with Crippen molar-refractivity contribution in [1.82, 2.24) is 15.5 Å². The molecular formula is C13H20N4O. The third-order valence-corrected chi connectivity index (χ3v) is 4.70. The second-order valence-corrected chi connectivity index (χ2v) is 6.05. The van der Waals surface area contributed by atoms with Crippen LogP contribution in [-0.4, -0.2) is 22.6 Å². The Morgan fingerprint density at radius 1 is 1.28 bits per heavy atom. The molecule has 0 aromatic carbocycles. The summed E-state index contributed by atoms with van der Waals surface area (Å²) >= 11 is 0. The lowest BCUT2D eigenvalue weighted by Crippen LogP contribution is -2.28. The maximum absolute atomic E-state index is 11.9. The lowest BCUT2D eigenvalue weighted by molar-refractivity contribution is 0.0944. The number of nitrogens with one attached hydrogen (secondary N) is 1. The Labute approximate surface area is 107 Å². The lowest BCUT2D eigenvalue weighted by Gasteiger charge is -2.05. The number of nitrogens with two attached hydrogens (primary N) is 1. The molecule has 0 atom stereocenters. The molecule has 18 heavy (non-hydrogen) atoms. The van der Waals surface area contributed by atoms with Gasteiger partial charge in [-0.15, -0.1) is 10.2 Å². The first-order valence-electron chi connectivity index (χ1n) is 6.14. The van der Waals surface area contributed by atoms with Gasteiger partial charge in [0.25, 0.3) is 5.91 Å². The van der Waals surface area contributed by atoms with Gasteiger partial charge in [-0.25, -0.2) is 0 Å². The molecule has 1 aromatic heterocycles. The molecule has 1 fully saturated rings. The van der Waals surface area contributed by atoms with Crippen molar-refractivity contribution in [2.24, 2.45) is 16.7 Å². The molecule has 1 aromatic rings. The van der Waals surface area contributed by atoms with E-state index in [2.05, 4.69) is 43.2 Å². The molecule has 1 aliphatic carbocycles. The summed E-state index contributed by atoms with van der Waals surface area (Å²) in [6, 6.07) is 3.16. The molecule has 0 saturated heterocycles. The summed E-state index contributed by atoms with van der Waals surface area (Å²) in [7, 11) is 0. The van der Waals surface area contributed by atoms with E-state index >= 15 is 0 Å². The second kappa shape index (κ2) is 3.93. The van der Waals surface area contributed by atoms with Crippen molar-refractivity contribution in [3.8, 4) is 0 Å². The minimum atomic E-state index is -0.194. The smallest absolute Gasteiger partial charge is 0.271 e. The molecular weight excluding hydrogens is 228 g/mol. The Hall–Kier alpha value is -1.65. The lowest BCUT2D eigenvalue weighted by atomic mass is 10.0. The van der Waals surface area contributed by atoms with Crippen LogP contribution in [0, 0.1) is 16.7 Å². The molecule has 0 spiro atoms. The molecule has 0 radical (unpaired) electrons. The summed E-state index contributed by atoms with van der Waals surface area (Å²) in [6.07, 6.45) is 0. The molecule has 3 N–H and O–H groups in total. The molecule has 5 heteroatoms. The van der Waals surface area contributed by atoms with Crippen LogP contribution < -0.4 is 11.1 Å². The van der Waals surface area contributed by atoms with Crippen molar-refractivity contribution in [1.29, 1.82) is 0 Å². The van der Waals surface area contributed by atoms with E-state index < -0.39 is 0 Å². The highest BCUT2D eigenvalue weighted by molar-refractivity contribution is 5.92. The van der Waals surface area contributed by atoms with Crippen LogP contribution in [0.3, 0.4) is 0 Å². The number of aromatic nitrogens is 2. The Morgan fingerprint density at radius 2 is 1.89 bits per heavy atom. The topological polar surface area (TPSA) is 80.9 Å². The van der Waals surface area contributed by atoms with E-state index in [1.54, 1.807) is 12.1 Å². The third-order valence-electron chi connectivity index (χ3n) is 4.70. The van der Waals surface area contributed by atoms with Gasteiger partial charge >= 0.3 is 0 Å². The zero-order valence-corrected chi connectivity index (χ0v) is 11.3. The van der Waals surface area contributed by atoms with Crippen LogP contribution in [-0.2, 0) is 0 Å². The summed E-state index contributed by atoms with van der Waals surface area (Å²) < 4.78 is 0. The van der Waals surface area contributed by atoms with Crippen molar-refractivity contribution < 1.29 is 4.79 Å². The van der Waals surface area contributed by atoms with E-state index in [0.717, 1.165) is 0 Å². The minimum absolute atomic E-state index is 0.194. The van der Waals surface area contributed by atoms with Crippen LogP contribution in [0.25, 0.3) is 0 Å². The highest BCUT2D eigenvalue weighted by Crippen LogP contribution is 2.67. The van der Waals surface area contributed by atoms with Crippen LogP contribution in [0.5, 0.6) is 0 Å². The Morgan fingerprint density at radius 3 is 2.33 bits per heavy atom.